The first kappa shape index (κ1) is 16.7. The molecular formula is C20H17N4O3+. The number of ether oxygens (including phenoxy) is 1. The fraction of sp³-hybridized carbons (Fsp3) is 0.0500. The molecule has 2 aromatic carbocycles. The summed E-state index contributed by atoms with van der Waals surface area (Å²) in [4.78, 5) is 30.7. The topological polar surface area (TPSA) is 98.1 Å². The van der Waals surface area contributed by atoms with E-state index in [-0.39, 0.29) is 10.2 Å². The summed E-state index contributed by atoms with van der Waals surface area (Å²) >= 11 is 0. The van der Waals surface area contributed by atoms with Gasteiger partial charge in [0.25, 0.3) is 0 Å². The average Bonchev–Trinajstić information content (AvgIpc) is 3.24. The largest absolute Gasteiger partial charge is 0.410 e. The minimum Gasteiger partial charge on any atom is -0.408 e. The highest BCUT2D eigenvalue weighted by Gasteiger charge is 2.35. The van der Waals surface area contributed by atoms with Crippen molar-refractivity contribution in [1.29, 1.82) is 0 Å². The van der Waals surface area contributed by atoms with E-state index in [0.717, 1.165) is 17.5 Å². The summed E-state index contributed by atoms with van der Waals surface area (Å²) in [5, 5.41) is 0. The average molecular weight is 361 g/mol. The Bertz CT molecular complexity index is 1110. The number of carbonyl (C=O) groups is 2. The van der Waals surface area contributed by atoms with Crippen molar-refractivity contribution in [1.82, 2.24) is 9.97 Å². The zero-order valence-electron chi connectivity index (χ0n) is 14.5. The van der Waals surface area contributed by atoms with Gasteiger partial charge in [0.15, 0.2) is 17.3 Å². The number of aromatic nitrogens is 2. The number of H-pyrrole nitrogens is 1. The smallest absolute Gasteiger partial charge is 0.408 e. The number of rotatable bonds is 4. The highest BCUT2D eigenvalue weighted by atomic mass is 16.5. The zero-order valence-corrected chi connectivity index (χ0v) is 14.5. The number of carbonyl (C=O) groups excluding carboxylic acids is 2. The van der Waals surface area contributed by atoms with E-state index >= 15 is 0 Å². The number of primary amides is 1. The Labute approximate surface area is 155 Å². The lowest BCUT2D eigenvalue weighted by molar-refractivity contribution is -0.689. The molecule has 2 heterocycles. The molecule has 7 heteroatoms. The van der Waals surface area contributed by atoms with Crippen molar-refractivity contribution in [2.24, 2.45) is 5.73 Å². The van der Waals surface area contributed by atoms with Gasteiger partial charge in [-0.25, -0.2) is 19.1 Å². The van der Waals surface area contributed by atoms with Crippen LogP contribution in [0.25, 0.3) is 22.3 Å². The third-order valence-electron chi connectivity index (χ3n) is 4.47. The van der Waals surface area contributed by atoms with E-state index in [1.165, 1.54) is 0 Å². The van der Waals surface area contributed by atoms with Crippen LogP contribution in [0, 0.1) is 0 Å². The number of allylic oxidation sites excluding steroid dienone is 2. The lowest BCUT2D eigenvalue weighted by atomic mass is 10.1. The van der Waals surface area contributed by atoms with E-state index in [9.17, 15) is 9.59 Å². The number of imidazole rings is 1. The number of aromatic amines is 1. The lowest BCUT2D eigenvalue weighted by Gasteiger charge is -2.19. The number of nitrogens with zero attached hydrogens (tertiary/aromatic N) is 2. The number of hydrogen-bond donors (Lipinski definition) is 2. The van der Waals surface area contributed by atoms with Gasteiger partial charge < -0.3 is 15.5 Å². The minimum absolute atomic E-state index is 0.0595. The lowest BCUT2D eigenvalue weighted by Crippen LogP contribution is -2.33. The van der Waals surface area contributed by atoms with Crippen LogP contribution < -0.4 is 10.5 Å². The molecule has 2 amide bonds. The van der Waals surface area contributed by atoms with Crippen molar-refractivity contribution in [2.45, 2.75) is 0 Å². The van der Waals surface area contributed by atoms with E-state index in [2.05, 4.69) is 9.97 Å². The summed E-state index contributed by atoms with van der Waals surface area (Å²) in [6.45, 7) is 0. The molecule has 3 N–H and O–H groups in total. The molecule has 1 atom stereocenters. The van der Waals surface area contributed by atoms with Crippen LogP contribution in [0.2, 0.25) is 0 Å². The van der Waals surface area contributed by atoms with Crippen LogP contribution in [0.3, 0.4) is 0 Å². The third-order valence-corrected chi connectivity index (χ3v) is 4.47. The molecule has 0 saturated carbocycles. The molecule has 1 unspecified atom stereocenters. The van der Waals surface area contributed by atoms with Crippen molar-refractivity contribution < 1.29 is 18.8 Å². The fourth-order valence-electron chi connectivity index (χ4n) is 3.17. The third kappa shape index (κ3) is 2.90. The number of hydrogen-bond acceptors (Lipinski definition) is 4. The number of amides is 2. The van der Waals surface area contributed by atoms with Crippen LogP contribution in [0.1, 0.15) is 11.4 Å². The number of fused-ring (bicyclic) bond motifs is 1. The molecule has 0 aliphatic carbocycles. The van der Waals surface area contributed by atoms with Gasteiger partial charge in [-0.05, 0) is 17.7 Å². The van der Waals surface area contributed by atoms with Crippen LogP contribution in [0.5, 0.6) is 5.75 Å². The second-order valence-corrected chi connectivity index (χ2v) is 6.39. The Morgan fingerprint density at radius 2 is 1.96 bits per heavy atom. The number of nitrogens with two attached hydrogens (primary N) is 1. The SMILES string of the molecule is C[N+]1(C=O)C=C(c2ccccc2)C=C1c1nc2c(OC(N)=O)cccc2[nH]1. The molecule has 1 aliphatic rings. The first-order chi connectivity index (χ1) is 13.0. The number of para-hydroxylation sites is 1. The van der Waals surface area contributed by atoms with E-state index in [1.807, 2.05) is 48.7 Å². The number of quaternary nitrogens is 1. The van der Waals surface area contributed by atoms with Crippen molar-refractivity contribution in [3.05, 3.63) is 72.2 Å². The summed E-state index contributed by atoms with van der Waals surface area (Å²) in [6.07, 6.45) is 3.73. The van der Waals surface area contributed by atoms with E-state index < -0.39 is 6.09 Å². The number of benzene rings is 2. The Morgan fingerprint density at radius 1 is 1.19 bits per heavy atom. The molecule has 1 aromatic heterocycles. The van der Waals surface area contributed by atoms with Gasteiger partial charge in [-0.1, -0.05) is 36.4 Å². The molecule has 27 heavy (non-hydrogen) atoms. The molecule has 0 saturated heterocycles. The van der Waals surface area contributed by atoms with Gasteiger partial charge in [0, 0.05) is 11.6 Å². The second kappa shape index (κ2) is 6.22. The Morgan fingerprint density at radius 3 is 2.67 bits per heavy atom. The summed E-state index contributed by atoms with van der Waals surface area (Å²) in [6, 6.07) is 15.0. The first-order valence-electron chi connectivity index (χ1n) is 8.29. The van der Waals surface area contributed by atoms with Crippen LogP contribution in [-0.4, -0.2) is 34.0 Å². The second-order valence-electron chi connectivity index (χ2n) is 6.39. The van der Waals surface area contributed by atoms with Gasteiger partial charge in [0.05, 0.1) is 12.6 Å². The summed E-state index contributed by atoms with van der Waals surface area (Å²) in [7, 11) is 1.78. The maximum Gasteiger partial charge on any atom is 0.410 e. The summed E-state index contributed by atoms with van der Waals surface area (Å²) < 4.78 is 4.96. The van der Waals surface area contributed by atoms with Crippen molar-refractivity contribution in [3.63, 3.8) is 0 Å². The zero-order chi connectivity index (χ0) is 19.0. The quantitative estimate of drug-likeness (QED) is 0.551. The highest BCUT2D eigenvalue weighted by Crippen LogP contribution is 2.37. The predicted octanol–water partition coefficient (Wildman–Crippen LogP) is 3.02. The molecular weight excluding hydrogens is 344 g/mol. The highest BCUT2D eigenvalue weighted by molar-refractivity contribution is 5.90. The van der Waals surface area contributed by atoms with Gasteiger partial charge in [-0.15, -0.1) is 0 Å². The predicted molar refractivity (Wildman–Crippen MR) is 101 cm³/mol. The molecule has 1 aliphatic heterocycles. The van der Waals surface area contributed by atoms with Gasteiger partial charge in [0.2, 0.25) is 0 Å². The van der Waals surface area contributed by atoms with Gasteiger partial charge in [0.1, 0.15) is 11.7 Å². The molecule has 3 aromatic rings. The molecule has 0 radical (unpaired) electrons. The Kier molecular flexibility index (Phi) is 3.86. The molecule has 7 nitrogen and oxygen atoms in total. The van der Waals surface area contributed by atoms with Crippen LogP contribution >= 0.6 is 0 Å². The maximum atomic E-state index is 11.9. The summed E-state index contributed by atoms with van der Waals surface area (Å²) in [5.41, 5.74) is 8.89. The fourth-order valence-corrected chi connectivity index (χ4v) is 3.17. The first-order valence-corrected chi connectivity index (χ1v) is 8.29. The van der Waals surface area contributed by atoms with Gasteiger partial charge >= 0.3 is 12.5 Å². The maximum absolute atomic E-state index is 11.9. The monoisotopic (exact) mass is 361 g/mol. The minimum atomic E-state index is -0.909. The van der Waals surface area contributed by atoms with Gasteiger partial charge in [-0.2, -0.15) is 0 Å². The Balaban J connectivity index is 1.82. The molecule has 0 fully saturated rings. The molecule has 134 valence electrons. The van der Waals surface area contributed by atoms with Crippen LogP contribution in [0.15, 0.2) is 60.8 Å². The Hall–Kier alpha value is -3.71. The van der Waals surface area contributed by atoms with Crippen molar-refractivity contribution in [3.8, 4) is 5.75 Å². The normalized spacial score (nSPS) is 18.9. The molecule has 0 bridgehead atoms. The number of nitrogens with one attached hydrogen (secondary N) is 1. The van der Waals surface area contributed by atoms with Crippen molar-refractivity contribution >= 4 is 34.8 Å². The van der Waals surface area contributed by atoms with Gasteiger partial charge in [-0.3, -0.25) is 0 Å². The molecule has 0 spiro atoms. The van der Waals surface area contributed by atoms with Crippen LogP contribution in [0.4, 0.5) is 4.79 Å². The standard InChI is InChI=1S/C20H16N4O3/c1-24(12-25)11-14(13-6-3-2-4-7-13)10-16(24)19-22-15-8-5-9-17(18(15)23-19)27-20(21)26/h2-12H,1H3,(H2-,21,22,23,26)/p+1. The van der Waals surface area contributed by atoms with Crippen LogP contribution in [-0.2, 0) is 4.79 Å². The van der Waals surface area contributed by atoms with E-state index in [4.69, 9.17) is 10.5 Å². The van der Waals surface area contributed by atoms with E-state index in [1.54, 1.807) is 19.2 Å². The van der Waals surface area contributed by atoms with E-state index in [0.29, 0.717) is 22.6 Å². The molecule has 4 rings (SSSR count). The summed E-state index contributed by atoms with van der Waals surface area (Å²) in [5.74, 6) is 0.778. The van der Waals surface area contributed by atoms with Crippen molar-refractivity contribution in [2.75, 3.05) is 7.05 Å².